The Morgan fingerprint density at radius 1 is 1.18 bits per heavy atom. The molecule has 1 fully saturated rings. The first-order valence-corrected chi connectivity index (χ1v) is 12.2. The third-order valence-electron chi connectivity index (χ3n) is 5.89. The lowest BCUT2D eigenvalue weighted by molar-refractivity contribution is -0.150. The van der Waals surface area contributed by atoms with E-state index in [2.05, 4.69) is 15.6 Å². The second-order valence-corrected chi connectivity index (χ2v) is 10.2. The molecule has 0 radical (unpaired) electrons. The number of carbonyl (C=O) groups excluding carboxylic acids is 3. The van der Waals surface area contributed by atoms with Crippen molar-refractivity contribution in [2.75, 3.05) is 25.6 Å². The molecule has 1 saturated heterocycles. The van der Waals surface area contributed by atoms with Crippen molar-refractivity contribution < 1.29 is 41.4 Å². The number of nitrogens with zero attached hydrogens (tertiary/aromatic N) is 2. The second-order valence-electron chi connectivity index (χ2n) is 10.2. The molecule has 40 heavy (non-hydrogen) atoms. The predicted octanol–water partition coefficient (Wildman–Crippen LogP) is 4.38. The number of pyridine rings is 1. The van der Waals surface area contributed by atoms with E-state index in [4.69, 9.17) is 9.47 Å². The molecule has 1 aliphatic rings. The van der Waals surface area contributed by atoms with E-state index in [9.17, 15) is 31.9 Å². The smallest absolute Gasteiger partial charge is 0.410 e. The van der Waals surface area contributed by atoms with Crippen molar-refractivity contribution in [2.45, 2.75) is 57.6 Å². The molecule has 3 atom stereocenters. The minimum absolute atomic E-state index is 0.00889. The molecule has 14 heteroatoms. The molecule has 0 saturated carbocycles. The van der Waals surface area contributed by atoms with Crippen LogP contribution in [0, 0.1) is 12.7 Å². The zero-order valence-electron chi connectivity index (χ0n) is 22.6. The molecule has 218 valence electrons. The Bertz CT molecular complexity index is 1250. The number of anilines is 1. The average Bonchev–Trinajstić information content (AvgIpc) is 3.23. The molecule has 3 N–H and O–H groups in total. The minimum atomic E-state index is -4.63. The van der Waals surface area contributed by atoms with Gasteiger partial charge in [0.2, 0.25) is 0 Å². The van der Waals surface area contributed by atoms with Crippen LogP contribution in [0.1, 0.15) is 49.5 Å². The Kier molecular flexibility index (Phi) is 9.23. The quantitative estimate of drug-likeness (QED) is 0.406. The molecule has 4 amide bonds. The fourth-order valence-electron chi connectivity index (χ4n) is 4.03. The summed E-state index contributed by atoms with van der Waals surface area (Å²) < 4.78 is 64.0. The molecule has 2 aromatic rings. The van der Waals surface area contributed by atoms with Gasteiger partial charge < -0.3 is 30.3 Å². The van der Waals surface area contributed by atoms with Gasteiger partial charge in [-0.15, -0.1) is 0 Å². The zero-order valence-corrected chi connectivity index (χ0v) is 22.6. The van der Waals surface area contributed by atoms with Gasteiger partial charge >= 0.3 is 18.3 Å². The van der Waals surface area contributed by atoms with E-state index >= 15 is 0 Å². The number of ether oxygens (including phenoxy) is 2. The summed E-state index contributed by atoms with van der Waals surface area (Å²) in [6, 6.07) is 1.57. The summed E-state index contributed by atoms with van der Waals surface area (Å²) in [5.41, 5.74) is -0.00449. The van der Waals surface area contributed by atoms with Gasteiger partial charge in [0.25, 0.3) is 5.91 Å². The fourth-order valence-corrected chi connectivity index (χ4v) is 4.03. The largest absolute Gasteiger partial charge is 0.444 e. The summed E-state index contributed by atoms with van der Waals surface area (Å²) in [7, 11) is 1.34. The Hall–Kier alpha value is -3.94. The summed E-state index contributed by atoms with van der Waals surface area (Å²) in [6.07, 6.45) is -4.22. The monoisotopic (exact) mass is 569 g/mol. The van der Waals surface area contributed by atoms with Crippen molar-refractivity contribution in [3.8, 4) is 0 Å². The van der Waals surface area contributed by atoms with Crippen LogP contribution in [0.15, 0.2) is 36.5 Å². The number of nitrogens with one attached hydrogen (secondary N) is 3. The average molecular weight is 570 g/mol. The standard InChI is InChI=1S/C26H31F4N5O5/c1-14-10-16(6-7-17(14)27)21(34-24(38)40-25(2,3)4)22(36)33-20-11-15(8-9-31-20)18(13-39-5)35-12-19(26(28,29)30)32-23(35)37/h6-11,18-19,21H,12-13H2,1-5H3,(H,32,37)(H,34,38)(H,31,33,36)/t18-,19+,21+/m1/s1. The van der Waals surface area contributed by atoms with Crippen molar-refractivity contribution >= 4 is 23.8 Å². The van der Waals surface area contributed by atoms with Gasteiger partial charge in [-0.05, 0) is 62.6 Å². The number of urea groups is 1. The van der Waals surface area contributed by atoms with E-state index in [-0.39, 0.29) is 23.6 Å². The van der Waals surface area contributed by atoms with Gasteiger partial charge in [-0.1, -0.05) is 12.1 Å². The number of hydrogen-bond acceptors (Lipinski definition) is 6. The van der Waals surface area contributed by atoms with Crippen LogP contribution in [-0.4, -0.2) is 66.0 Å². The van der Waals surface area contributed by atoms with Crippen molar-refractivity contribution in [3.63, 3.8) is 0 Å². The molecule has 0 aliphatic carbocycles. The number of alkyl carbamates (subject to hydrolysis) is 1. The van der Waals surface area contributed by atoms with Crippen LogP contribution in [0.2, 0.25) is 0 Å². The summed E-state index contributed by atoms with van der Waals surface area (Å²) in [6.45, 7) is 5.67. The number of amides is 4. The lowest BCUT2D eigenvalue weighted by Gasteiger charge is -2.27. The third-order valence-corrected chi connectivity index (χ3v) is 5.89. The highest BCUT2D eigenvalue weighted by Gasteiger charge is 2.48. The lowest BCUT2D eigenvalue weighted by Crippen LogP contribution is -2.40. The molecule has 1 aliphatic heterocycles. The predicted molar refractivity (Wildman–Crippen MR) is 136 cm³/mol. The normalized spacial score (nSPS) is 17.2. The molecule has 2 heterocycles. The van der Waals surface area contributed by atoms with Gasteiger partial charge in [-0.3, -0.25) is 4.79 Å². The van der Waals surface area contributed by atoms with Crippen molar-refractivity contribution in [1.29, 1.82) is 0 Å². The first-order valence-electron chi connectivity index (χ1n) is 12.2. The van der Waals surface area contributed by atoms with Gasteiger partial charge in [0.05, 0.1) is 19.2 Å². The number of rotatable bonds is 8. The summed E-state index contributed by atoms with van der Waals surface area (Å²) in [5.74, 6) is -1.26. The Morgan fingerprint density at radius 3 is 2.45 bits per heavy atom. The minimum Gasteiger partial charge on any atom is -0.444 e. The van der Waals surface area contributed by atoms with E-state index < -0.39 is 60.3 Å². The van der Waals surface area contributed by atoms with Crippen molar-refractivity contribution in [3.05, 3.63) is 59.0 Å². The zero-order chi connectivity index (χ0) is 29.8. The van der Waals surface area contributed by atoms with E-state index in [1.165, 1.54) is 44.5 Å². The summed E-state index contributed by atoms with van der Waals surface area (Å²) in [4.78, 5) is 43.3. The van der Waals surface area contributed by atoms with Crippen LogP contribution in [-0.2, 0) is 14.3 Å². The Labute approximate surface area is 228 Å². The molecule has 3 rings (SSSR count). The molecule has 1 aromatic carbocycles. The van der Waals surface area contributed by atoms with E-state index in [1.807, 2.05) is 5.32 Å². The molecule has 0 bridgehead atoms. The molecule has 1 aromatic heterocycles. The number of aryl methyl sites for hydroxylation is 1. The molecule has 0 unspecified atom stereocenters. The van der Waals surface area contributed by atoms with Crippen LogP contribution in [0.5, 0.6) is 0 Å². The Balaban J connectivity index is 1.87. The number of carbonyl (C=O) groups is 3. The molecular weight excluding hydrogens is 538 g/mol. The summed E-state index contributed by atoms with van der Waals surface area (Å²) >= 11 is 0. The topological polar surface area (TPSA) is 122 Å². The SMILES string of the molecule is COC[C@H](c1ccnc(NC(=O)[C@@H](NC(=O)OC(C)(C)C)c2ccc(F)c(C)c2)c1)N1C[C@@H](C(F)(F)F)NC1=O. The maximum Gasteiger partial charge on any atom is 0.410 e. The highest BCUT2D eigenvalue weighted by molar-refractivity contribution is 5.96. The van der Waals surface area contributed by atoms with E-state index in [0.717, 1.165) is 11.0 Å². The molecule has 10 nitrogen and oxygen atoms in total. The number of methoxy groups -OCH3 is 1. The number of aromatic nitrogens is 1. The summed E-state index contributed by atoms with van der Waals surface area (Å²) in [5, 5.41) is 6.95. The van der Waals surface area contributed by atoms with Gasteiger partial charge in [-0.25, -0.2) is 19.0 Å². The van der Waals surface area contributed by atoms with Crippen LogP contribution < -0.4 is 16.0 Å². The third kappa shape index (κ3) is 7.81. The second kappa shape index (κ2) is 12.1. The number of alkyl halides is 3. The number of hydrogen-bond donors (Lipinski definition) is 3. The molecular formula is C26H31F4N5O5. The maximum absolute atomic E-state index is 13.9. The van der Waals surface area contributed by atoms with E-state index in [0.29, 0.717) is 5.56 Å². The number of benzene rings is 1. The highest BCUT2D eigenvalue weighted by atomic mass is 19.4. The van der Waals surface area contributed by atoms with Crippen molar-refractivity contribution in [1.82, 2.24) is 20.5 Å². The number of halogens is 4. The lowest BCUT2D eigenvalue weighted by atomic mass is 10.0. The van der Waals surface area contributed by atoms with Gasteiger partial charge in [0, 0.05) is 13.3 Å². The Morgan fingerprint density at radius 2 is 1.88 bits per heavy atom. The first-order chi connectivity index (χ1) is 18.6. The van der Waals surface area contributed by atoms with Crippen LogP contribution >= 0.6 is 0 Å². The van der Waals surface area contributed by atoms with Gasteiger partial charge in [0.15, 0.2) is 0 Å². The van der Waals surface area contributed by atoms with Crippen LogP contribution in [0.25, 0.3) is 0 Å². The highest BCUT2D eigenvalue weighted by Crippen LogP contribution is 2.31. The van der Waals surface area contributed by atoms with Crippen molar-refractivity contribution in [2.24, 2.45) is 0 Å². The van der Waals surface area contributed by atoms with Gasteiger partial charge in [-0.2, -0.15) is 13.2 Å². The van der Waals surface area contributed by atoms with Crippen LogP contribution in [0.4, 0.5) is 33.0 Å². The fraction of sp³-hybridized carbons (Fsp3) is 0.462. The van der Waals surface area contributed by atoms with E-state index in [1.54, 1.807) is 20.8 Å². The molecule has 0 spiro atoms. The first kappa shape index (κ1) is 30.6. The van der Waals surface area contributed by atoms with Crippen LogP contribution in [0.3, 0.4) is 0 Å². The van der Waals surface area contributed by atoms with Gasteiger partial charge in [0.1, 0.15) is 29.3 Å². The maximum atomic E-state index is 13.9.